The van der Waals surface area contributed by atoms with Gasteiger partial charge >= 0.3 is 5.97 Å². The lowest BCUT2D eigenvalue weighted by Crippen LogP contribution is -2.40. The van der Waals surface area contributed by atoms with Crippen molar-refractivity contribution in [2.24, 2.45) is 0 Å². The first-order valence-corrected chi connectivity index (χ1v) is 7.84. The molecule has 6 nitrogen and oxygen atoms in total. The monoisotopic (exact) mass is 425 g/mol. The molecular weight excluding hydrogens is 413 g/mol. The highest BCUT2D eigenvalue weighted by molar-refractivity contribution is 14.1. The Morgan fingerprint density at radius 1 is 1.17 bits per heavy atom. The van der Waals surface area contributed by atoms with Crippen LogP contribution < -0.4 is 14.8 Å². The molecule has 7 heteroatoms. The number of aromatic carboxylic acids is 1. The molecule has 118 valence electrons. The maximum Gasteiger partial charge on any atom is 0.337 e. The Labute approximate surface area is 145 Å². The Morgan fingerprint density at radius 3 is 2.65 bits per heavy atom. The number of hydrogen-bond donors (Lipinski definition) is 2. The summed E-state index contributed by atoms with van der Waals surface area (Å²) in [4.78, 5) is 23.6. The maximum atomic E-state index is 12.3. The molecule has 2 aromatic rings. The summed E-state index contributed by atoms with van der Waals surface area (Å²) in [6.45, 7) is 0.0651. The highest BCUT2D eigenvalue weighted by atomic mass is 127. The molecule has 1 amide bonds. The van der Waals surface area contributed by atoms with E-state index in [1.807, 2.05) is 28.7 Å². The van der Waals surface area contributed by atoms with E-state index in [0.29, 0.717) is 11.5 Å². The van der Waals surface area contributed by atoms with Gasteiger partial charge in [-0.05, 0) is 52.9 Å². The first kappa shape index (κ1) is 15.6. The summed E-state index contributed by atoms with van der Waals surface area (Å²) in [5.41, 5.74) is 0.257. The van der Waals surface area contributed by atoms with Crippen LogP contribution in [0.25, 0.3) is 0 Å². The van der Waals surface area contributed by atoms with Crippen molar-refractivity contribution in [1.82, 2.24) is 0 Å². The summed E-state index contributed by atoms with van der Waals surface area (Å²) in [6, 6.07) is 11.8. The number of para-hydroxylation sites is 2. The second kappa shape index (κ2) is 6.45. The van der Waals surface area contributed by atoms with E-state index < -0.39 is 18.0 Å². The van der Waals surface area contributed by atoms with E-state index >= 15 is 0 Å². The number of fused-ring (bicyclic) bond motifs is 1. The van der Waals surface area contributed by atoms with Crippen LogP contribution in [-0.2, 0) is 4.79 Å². The first-order chi connectivity index (χ1) is 11.0. The fourth-order valence-electron chi connectivity index (χ4n) is 2.16. The molecule has 1 aliphatic rings. The third kappa shape index (κ3) is 3.39. The Bertz CT molecular complexity index is 777. The Balaban J connectivity index is 1.77. The van der Waals surface area contributed by atoms with Gasteiger partial charge in [-0.3, -0.25) is 4.79 Å². The van der Waals surface area contributed by atoms with Gasteiger partial charge in [0, 0.05) is 3.57 Å². The van der Waals surface area contributed by atoms with E-state index in [0.717, 1.165) is 3.57 Å². The average molecular weight is 425 g/mol. The number of carboxylic acids is 1. The van der Waals surface area contributed by atoms with Crippen LogP contribution in [0, 0.1) is 3.57 Å². The van der Waals surface area contributed by atoms with Crippen molar-refractivity contribution >= 4 is 40.2 Å². The number of nitrogens with one attached hydrogen (secondary N) is 1. The van der Waals surface area contributed by atoms with Gasteiger partial charge in [0.05, 0.1) is 11.3 Å². The van der Waals surface area contributed by atoms with Crippen LogP contribution in [-0.4, -0.2) is 29.7 Å². The molecule has 2 N–H and O–H groups in total. The number of anilines is 1. The molecule has 0 saturated heterocycles. The summed E-state index contributed by atoms with van der Waals surface area (Å²) in [5, 5.41) is 11.8. The van der Waals surface area contributed by atoms with Crippen molar-refractivity contribution in [3.8, 4) is 11.5 Å². The quantitative estimate of drug-likeness (QED) is 0.740. The van der Waals surface area contributed by atoms with E-state index in [-0.39, 0.29) is 17.9 Å². The van der Waals surface area contributed by atoms with Gasteiger partial charge in [-0.25, -0.2) is 4.79 Å². The van der Waals surface area contributed by atoms with E-state index in [2.05, 4.69) is 5.32 Å². The van der Waals surface area contributed by atoms with Gasteiger partial charge in [-0.15, -0.1) is 0 Å². The molecule has 1 unspecified atom stereocenters. The number of ether oxygens (including phenoxy) is 2. The minimum absolute atomic E-state index is 0.0300. The lowest BCUT2D eigenvalue weighted by molar-refractivity contribution is -0.125. The van der Waals surface area contributed by atoms with E-state index in [1.54, 1.807) is 30.3 Å². The van der Waals surface area contributed by atoms with Gasteiger partial charge in [-0.1, -0.05) is 12.1 Å². The molecule has 1 heterocycles. The molecule has 2 aromatic carbocycles. The normalized spacial score (nSPS) is 15.8. The van der Waals surface area contributed by atoms with Crippen molar-refractivity contribution < 1.29 is 24.2 Å². The molecule has 0 radical (unpaired) electrons. The molecule has 1 atom stereocenters. The Kier molecular flexibility index (Phi) is 4.37. The van der Waals surface area contributed by atoms with E-state index in [4.69, 9.17) is 9.47 Å². The topological polar surface area (TPSA) is 84.9 Å². The number of carbonyl (C=O) groups excluding carboxylic acids is 1. The van der Waals surface area contributed by atoms with Gasteiger partial charge in [-0.2, -0.15) is 0 Å². The van der Waals surface area contributed by atoms with Crippen LogP contribution in [0.1, 0.15) is 10.4 Å². The van der Waals surface area contributed by atoms with Crippen LogP contribution >= 0.6 is 22.6 Å². The summed E-state index contributed by atoms with van der Waals surface area (Å²) >= 11 is 2.01. The molecule has 0 saturated carbocycles. The number of rotatable bonds is 3. The SMILES string of the molecule is O=C(O)c1cc(I)ccc1NC(=O)C1COc2ccccc2O1. The second-order valence-corrected chi connectivity index (χ2v) is 6.09. The predicted molar refractivity (Wildman–Crippen MR) is 91.1 cm³/mol. The van der Waals surface area contributed by atoms with Gasteiger partial charge in [0.1, 0.15) is 6.61 Å². The van der Waals surface area contributed by atoms with Crippen LogP contribution in [0.2, 0.25) is 0 Å². The van der Waals surface area contributed by atoms with Crippen LogP contribution in [0.5, 0.6) is 11.5 Å². The molecule has 0 aromatic heterocycles. The van der Waals surface area contributed by atoms with Crippen molar-refractivity contribution in [2.45, 2.75) is 6.10 Å². The molecular formula is C16H12INO5. The van der Waals surface area contributed by atoms with Crippen molar-refractivity contribution in [2.75, 3.05) is 11.9 Å². The zero-order valence-corrected chi connectivity index (χ0v) is 13.9. The van der Waals surface area contributed by atoms with Gasteiger partial charge in [0.15, 0.2) is 11.5 Å². The van der Waals surface area contributed by atoms with Gasteiger partial charge in [0.25, 0.3) is 5.91 Å². The van der Waals surface area contributed by atoms with Crippen LogP contribution in [0.3, 0.4) is 0 Å². The lowest BCUT2D eigenvalue weighted by Gasteiger charge is -2.25. The Hall–Kier alpha value is -2.29. The van der Waals surface area contributed by atoms with Gasteiger partial charge in [0.2, 0.25) is 6.10 Å². The van der Waals surface area contributed by atoms with Gasteiger partial charge < -0.3 is 19.9 Å². The highest BCUT2D eigenvalue weighted by Gasteiger charge is 2.28. The Morgan fingerprint density at radius 2 is 1.91 bits per heavy atom. The number of halogens is 1. The number of amides is 1. The second-order valence-electron chi connectivity index (χ2n) is 4.85. The zero-order valence-electron chi connectivity index (χ0n) is 11.8. The summed E-state index contributed by atoms with van der Waals surface area (Å²) in [6.07, 6.45) is -0.842. The smallest absolute Gasteiger partial charge is 0.337 e. The predicted octanol–water partition coefficient (Wildman–Crippen LogP) is 2.77. The maximum absolute atomic E-state index is 12.3. The summed E-state index contributed by atoms with van der Waals surface area (Å²) < 4.78 is 11.9. The number of carboxylic acid groups (broad SMARTS) is 1. The fraction of sp³-hybridized carbons (Fsp3) is 0.125. The molecule has 23 heavy (non-hydrogen) atoms. The van der Waals surface area contributed by atoms with Crippen LogP contribution in [0.4, 0.5) is 5.69 Å². The van der Waals surface area contributed by atoms with Crippen molar-refractivity contribution in [3.05, 3.63) is 51.6 Å². The van der Waals surface area contributed by atoms with Crippen molar-refractivity contribution in [3.63, 3.8) is 0 Å². The van der Waals surface area contributed by atoms with Crippen molar-refractivity contribution in [1.29, 1.82) is 0 Å². The summed E-state index contributed by atoms with van der Waals surface area (Å²) in [5.74, 6) is -0.495. The lowest BCUT2D eigenvalue weighted by atomic mass is 10.1. The van der Waals surface area contributed by atoms with E-state index in [1.165, 1.54) is 6.07 Å². The number of benzene rings is 2. The minimum atomic E-state index is -1.11. The zero-order chi connectivity index (χ0) is 16.4. The summed E-state index contributed by atoms with van der Waals surface area (Å²) in [7, 11) is 0. The molecule has 1 aliphatic heterocycles. The molecule has 0 spiro atoms. The first-order valence-electron chi connectivity index (χ1n) is 6.77. The minimum Gasteiger partial charge on any atom is -0.485 e. The third-order valence-electron chi connectivity index (χ3n) is 3.27. The number of hydrogen-bond acceptors (Lipinski definition) is 4. The fourth-order valence-corrected chi connectivity index (χ4v) is 2.66. The van der Waals surface area contributed by atoms with Crippen LogP contribution in [0.15, 0.2) is 42.5 Å². The van der Waals surface area contributed by atoms with E-state index in [9.17, 15) is 14.7 Å². The number of carbonyl (C=O) groups is 2. The third-order valence-corrected chi connectivity index (χ3v) is 3.94. The highest BCUT2D eigenvalue weighted by Crippen LogP contribution is 2.31. The largest absolute Gasteiger partial charge is 0.485 e. The standard InChI is InChI=1S/C16H12INO5/c17-9-5-6-11(10(7-9)16(20)21)18-15(19)14-8-22-12-3-1-2-4-13(12)23-14/h1-7,14H,8H2,(H,18,19)(H,20,21). The molecule has 0 bridgehead atoms. The molecule has 0 aliphatic carbocycles. The molecule has 0 fully saturated rings. The molecule has 3 rings (SSSR count). The average Bonchev–Trinajstić information content (AvgIpc) is 2.55.